The average Bonchev–Trinajstić information content (AvgIpc) is 2.98. The normalized spacial score (nSPS) is 18.1. The predicted octanol–water partition coefficient (Wildman–Crippen LogP) is 7.50. The highest BCUT2D eigenvalue weighted by Gasteiger charge is 2.44. The second kappa shape index (κ2) is 9.37. The van der Waals surface area contributed by atoms with Crippen molar-refractivity contribution in [2.45, 2.75) is 12.2 Å². The summed E-state index contributed by atoms with van der Waals surface area (Å²) in [5.74, 6) is 1.69. The van der Waals surface area contributed by atoms with Crippen molar-refractivity contribution < 1.29 is 18.9 Å². The Balaban J connectivity index is 1.32. The number of para-hydroxylation sites is 2. The third-order valence-corrected chi connectivity index (χ3v) is 10.3. The van der Waals surface area contributed by atoms with Gasteiger partial charge in [-0.05, 0) is 59.2 Å². The van der Waals surface area contributed by atoms with E-state index in [-0.39, 0.29) is 5.75 Å². The van der Waals surface area contributed by atoms with Gasteiger partial charge in [0.15, 0.2) is 6.73 Å². The minimum Gasteiger partial charge on any atom is -0.508 e. The van der Waals surface area contributed by atoms with Crippen molar-refractivity contribution in [3.63, 3.8) is 0 Å². The molecular weight excluding hydrogens is 505 g/mol. The van der Waals surface area contributed by atoms with E-state index in [4.69, 9.17) is 9.26 Å². The second-order valence-corrected chi connectivity index (χ2v) is 12.2. The van der Waals surface area contributed by atoms with Gasteiger partial charge < -0.3 is 19.3 Å². The topological polar surface area (TPSA) is 59.0 Å². The van der Waals surface area contributed by atoms with Crippen molar-refractivity contribution in [2.75, 3.05) is 11.6 Å². The van der Waals surface area contributed by atoms with Crippen LogP contribution in [0.3, 0.4) is 0 Å². The number of benzene rings is 5. The molecule has 192 valence electrons. The number of anilines is 1. The first kappa shape index (κ1) is 23.6. The molecule has 2 aliphatic heterocycles. The third-order valence-electron chi connectivity index (χ3n) is 7.48. The van der Waals surface area contributed by atoms with Crippen LogP contribution in [0.1, 0.15) is 22.3 Å². The molecule has 6 heteroatoms. The highest BCUT2D eigenvalue weighted by molar-refractivity contribution is 7.68. The first-order valence-corrected chi connectivity index (χ1v) is 14.6. The minimum absolute atomic E-state index is 0.159. The highest BCUT2D eigenvalue weighted by atomic mass is 31.2. The molecule has 7 rings (SSSR count). The SMILES string of the molecule is O=P1(C(c2ccc(O)cc2)c2ccc(N3COc4ccccc4C3)cc2)Oc2ccccc2-c2ccccc21. The van der Waals surface area contributed by atoms with Gasteiger partial charge in [0.25, 0.3) is 7.37 Å². The van der Waals surface area contributed by atoms with Crippen molar-refractivity contribution >= 4 is 18.4 Å². The van der Waals surface area contributed by atoms with Gasteiger partial charge in [0.2, 0.25) is 0 Å². The molecule has 0 aromatic heterocycles. The number of fused-ring (bicyclic) bond motifs is 4. The number of hydrogen-bond acceptors (Lipinski definition) is 5. The number of ether oxygens (including phenoxy) is 1. The maximum Gasteiger partial charge on any atom is 0.289 e. The fraction of sp³-hybridized carbons (Fsp3) is 0.0909. The van der Waals surface area contributed by atoms with Gasteiger partial charge in [-0.25, -0.2) is 0 Å². The van der Waals surface area contributed by atoms with E-state index < -0.39 is 13.0 Å². The molecule has 5 aromatic carbocycles. The van der Waals surface area contributed by atoms with Crippen molar-refractivity contribution in [1.29, 1.82) is 0 Å². The second-order valence-electron chi connectivity index (χ2n) is 9.87. The van der Waals surface area contributed by atoms with Crippen LogP contribution < -0.4 is 19.5 Å². The third kappa shape index (κ3) is 4.07. The molecule has 0 saturated heterocycles. The summed E-state index contributed by atoms with van der Waals surface area (Å²) >= 11 is 0. The fourth-order valence-electron chi connectivity index (χ4n) is 5.58. The standard InChI is InChI=1S/C33H26NO4P/c35-27-19-15-24(16-20-27)33(39(36)32-12-6-3-9-29(32)28-8-2-5-11-31(28)38-39)23-13-17-26(18-14-23)34-21-25-7-1-4-10-30(25)37-22-34/h1-20,33,35H,21-22H2. The summed E-state index contributed by atoms with van der Waals surface area (Å²) < 4.78 is 27.7. The summed E-state index contributed by atoms with van der Waals surface area (Å²) in [6.45, 7) is 1.21. The van der Waals surface area contributed by atoms with Gasteiger partial charge in [0.05, 0.1) is 5.30 Å². The van der Waals surface area contributed by atoms with E-state index in [9.17, 15) is 5.11 Å². The zero-order chi connectivity index (χ0) is 26.4. The predicted molar refractivity (Wildman–Crippen MR) is 154 cm³/mol. The maximum atomic E-state index is 15.2. The summed E-state index contributed by atoms with van der Waals surface area (Å²) in [5.41, 5.74) is 5.14. The molecule has 0 amide bonds. The van der Waals surface area contributed by atoms with Crippen LogP contribution >= 0.6 is 7.37 Å². The molecule has 5 nitrogen and oxygen atoms in total. The molecule has 0 saturated carbocycles. The average molecular weight is 532 g/mol. The van der Waals surface area contributed by atoms with Crippen LogP contribution in [0, 0.1) is 0 Å². The number of rotatable bonds is 4. The van der Waals surface area contributed by atoms with Gasteiger partial charge >= 0.3 is 0 Å². The molecule has 2 aliphatic rings. The molecule has 2 unspecified atom stereocenters. The lowest BCUT2D eigenvalue weighted by Gasteiger charge is -2.35. The fourth-order valence-corrected chi connectivity index (χ4v) is 8.47. The molecule has 0 spiro atoms. The summed E-state index contributed by atoms with van der Waals surface area (Å²) in [4.78, 5) is 2.17. The zero-order valence-electron chi connectivity index (χ0n) is 21.1. The zero-order valence-corrected chi connectivity index (χ0v) is 22.0. The van der Waals surface area contributed by atoms with Gasteiger partial charge in [-0.2, -0.15) is 0 Å². The molecule has 2 heterocycles. The summed E-state index contributed by atoms with van der Waals surface area (Å²) in [7, 11) is -3.52. The molecular formula is C33H26NO4P. The molecule has 0 aliphatic carbocycles. The molecule has 5 aromatic rings. The number of phenolic OH excluding ortho intramolecular Hbond substituents is 1. The van der Waals surface area contributed by atoms with Crippen molar-refractivity contribution in [1.82, 2.24) is 0 Å². The van der Waals surface area contributed by atoms with Gasteiger partial charge in [0, 0.05) is 23.4 Å². The Morgan fingerprint density at radius 3 is 2.08 bits per heavy atom. The molecule has 1 N–H and O–H groups in total. The Morgan fingerprint density at radius 2 is 1.31 bits per heavy atom. The van der Waals surface area contributed by atoms with Crippen LogP contribution in [0.4, 0.5) is 5.69 Å². The van der Waals surface area contributed by atoms with Crippen molar-refractivity contribution in [2.24, 2.45) is 0 Å². The summed E-state index contributed by atoms with van der Waals surface area (Å²) in [5, 5.41) is 10.7. The van der Waals surface area contributed by atoms with Gasteiger partial charge in [-0.1, -0.05) is 78.9 Å². The Labute approximate surface area is 227 Å². The van der Waals surface area contributed by atoms with E-state index >= 15 is 4.57 Å². The largest absolute Gasteiger partial charge is 0.508 e. The lowest BCUT2D eigenvalue weighted by atomic mass is 10.0. The quantitative estimate of drug-likeness (QED) is 0.243. The van der Waals surface area contributed by atoms with Crippen LogP contribution in [0.15, 0.2) is 121 Å². The molecule has 39 heavy (non-hydrogen) atoms. The van der Waals surface area contributed by atoms with E-state index in [2.05, 4.69) is 23.1 Å². The molecule has 2 atom stereocenters. The van der Waals surface area contributed by atoms with E-state index in [0.717, 1.165) is 45.8 Å². The van der Waals surface area contributed by atoms with E-state index in [1.807, 2.05) is 91.0 Å². The Kier molecular flexibility index (Phi) is 5.68. The lowest BCUT2D eigenvalue weighted by Crippen LogP contribution is -2.31. The van der Waals surface area contributed by atoms with Crippen LogP contribution in [0.2, 0.25) is 0 Å². The van der Waals surface area contributed by atoms with E-state index in [0.29, 0.717) is 17.8 Å². The van der Waals surface area contributed by atoms with Gasteiger partial charge in [-0.3, -0.25) is 4.57 Å². The monoisotopic (exact) mass is 531 g/mol. The smallest absolute Gasteiger partial charge is 0.289 e. The van der Waals surface area contributed by atoms with E-state index in [1.54, 1.807) is 12.1 Å². The van der Waals surface area contributed by atoms with Crippen molar-refractivity contribution in [3.05, 3.63) is 138 Å². The number of phenols is 1. The van der Waals surface area contributed by atoms with E-state index in [1.165, 1.54) is 0 Å². The van der Waals surface area contributed by atoms with Gasteiger partial charge in [-0.15, -0.1) is 0 Å². The molecule has 0 radical (unpaired) electrons. The Hall–Kier alpha value is -4.47. The summed E-state index contributed by atoms with van der Waals surface area (Å²) in [6, 6.07) is 38.7. The highest BCUT2D eigenvalue weighted by Crippen LogP contribution is 2.65. The van der Waals surface area contributed by atoms with Crippen LogP contribution in [0.25, 0.3) is 11.1 Å². The van der Waals surface area contributed by atoms with Crippen molar-refractivity contribution in [3.8, 4) is 28.4 Å². The van der Waals surface area contributed by atoms with Crippen LogP contribution in [-0.2, 0) is 11.1 Å². The molecule has 0 bridgehead atoms. The number of hydrogen-bond donors (Lipinski definition) is 1. The minimum atomic E-state index is -3.52. The lowest BCUT2D eigenvalue weighted by molar-refractivity contribution is 0.289. The van der Waals surface area contributed by atoms with Gasteiger partial charge in [0.1, 0.15) is 22.9 Å². The Bertz CT molecular complexity index is 1720. The summed E-state index contributed by atoms with van der Waals surface area (Å²) in [6.07, 6.45) is 0. The molecule has 0 fully saturated rings. The first-order valence-electron chi connectivity index (χ1n) is 12.9. The van der Waals surface area contributed by atoms with Crippen LogP contribution in [-0.4, -0.2) is 11.8 Å². The first-order chi connectivity index (χ1) is 19.1. The number of nitrogens with zero attached hydrogens (tertiary/aromatic N) is 1. The maximum absolute atomic E-state index is 15.2. The Morgan fingerprint density at radius 1 is 0.692 bits per heavy atom. The van der Waals surface area contributed by atoms with Crippen LogP contribution in [0.5, 0.6) is 17.2 Å². The number of aromatic hydroxyl groups is 1.